The van der Waals surface area contributed by atoms with Crippen LogP contribution in [0.15, 0.2) is 24.3 Å². The van der Waals surface area contributed by atoms with E-state index in [1.165, 1.54) is 38.3 Å². The lowest BCUT2D eigenvalue weighted by atomic mass is 9.98. The molecule has 182 valence electrons. The average Bonchev–Trinajstić information content (AvgIpc) is 2.77. The third-order valence-electron chi connectivity index (χ3n) is 4.52. The smallest absolute Gasteiger partial charge is 0.341 e. The Bertz CT molecular complexity index is 817. The molecule has 0 fully saturated rings. The molecule has 1 atom stereocenters. The number of hydrogen-bond donors (Lipinski definition) is 0. The molecule has 0 N–H and O–H groups in total. The molecule has 1 rings (SSSR count). The molecule has 10 nitrogen and oxygen atoms in total. The van der Waals surface area contributed by atoms with Gasteiger partial charge in [0, 0.05) is 12.1 Å². The Morgan fingerprint density at radius 1 is 0.818 bits per heavy atom. The van der Waals surface area contributed by atoms with Crippen LogP contribution in [0.5, 0.6) is 5.75 Å². The Labute approximate surface area is 193 Å². The van der Waals surface area contributed by atoms with E-state index in [4.69, 9.17) is 18.9 Å². The Balaban J connectivity index is 3.61. The van der Waals surface area contributed by atoms with E-state index in [1.54, 1.807) is 20.8 Å². The summed E-state index contributed by atoms with van der Waals surface area (Å²) in [5, 5.41) is 0. The Morgan fingerprint density at radius 3 is 1.73 bits per heavy atom. The molecule has 0 heterocycles. The van der Waals surface area contributed by atoms with Gasteiger partial charge in [0.1, 0.15) is 17.5 Å². The number of Topliss-reactive ketones (excluding diaryl/α,β-unsaturated/α-hetero) is 1. The summed E-state index contributed by atoms with van der Waals surface area (Å²) in [7, 11) is 1.45. The van der Waals surface area contributed by atoms with Crippen molar-refractivity contribution in [3.63, 3.8) is 0 Å². The zero-order chi connectivity index (χ0) is 25.0. The summed E-state index contributed by atoms with van der Waals surface area (Å²) in [5.74, 6) is -5.00. The molecule has 10 heteroatoms. The van der Waals surface area contributed by atoms with Gasteiger partial charge in [0.15, 0.2) is 0 Å². The monoisotopic (exact) mass is 465 g/mol. The maximum absolute atomic E-state index is 13.7. The minimum Gasteiger partial charge on any atom is -0.497 e. The van der Waals surface area contributed by atoms with Gasteiger partial charge in [-0.2, -0.15) is 0 Å². The van der Waals surface area contributed by atoms with Crippen molar-refractivity contribution in [2.24, 2.45) is 5.92 Å². The fraction of sp³-hybridized carbons (Fsp3) is 0.522. The number of benzene rings is 1. The summed E-state index contributed by atoms with van der Waals surface area (Å²) in [4.78, 5) is 64.2. The molecule has 1 aromatic rings. The zero-order valence-corrected chi connectivity index (χ0v) is 19.6. The van der Waals surface area contributed by atoms with Gasteiger partial charge in [0.2, 0.25) is 11.9 Å². The van der Waals surface area contributed by atoms with Crippen LogP contribution in [0.1, 0.15) is 40.5 Å². The number of amides is 1. The maximum Gasteiger partial charge on any atom is 0.341 e. The molecule has 0 saturated heterocycles. The molecule has 0 saturated carbocycles. The van der Waals surface area contributed by atoms with Crippen LogP contribution in [0.3, 0.4) is 0 Å². The van der Waals surface area contributed by atoms with Crippen LogP contribution in [0, 0.1) is 5.92 Å². The molecule has 1 aromatic carbocycles. The number of methoxy groups -OCH3 is 1. The predicted octanol–water partition coefficient (Wildman–Crippen LogP) is 2.07. The number of hydrogen-bond acceptors (Lipinski definition) is 9. The zero-order valence-electron chi connectivity index (χ0n) is 19.6. The van der Waals surface area contributed by atoms with Gasteiger partial charge in [-0.25, -0.2) is 9.59 Å². The Kier molecular flexibility index (Phi) is 11.6. The summed E-state index contributed by atoms with van der Waals surface area (Å²) in [5.41, 5.74) is 0.129. The van der Waals surface area contributed by atoms with Crippen molar-refractivity contribution in [3.8, 4) is 5.75 Å². The molecule has 33 heavy (non-hydrogen) atoms. The lowest BCUT2D eigenvalue weighted by molar-refractivity contribution is -0.160. The Morgan fingerprint density at radius 2 is 1.30 bits per heavy atom. The van der Waals surface area contributed by atoms with Crippen molar-refractivity contribution < 1.29 is 42.9 Å². The number of carbonyl (C=O) groups is 5. The molecule has 0 aromatic heterocycles. The second-order valence-electron chi connectivity index (χ2n) is 6.86. The molecule has 1 unspecified atom stereocenters. The van der Waals surface area contributed by atoms with E-state index >= 15 is 0 Å². The summed E-state index contributed by atoms with van der Waals surface area (Å²) < 4.78 is 20.2. The molecule has 0 spiro atoms. The average molecular weight is 465 g/mol. The van der Waals surface area contributed by atoms with Crippen LogP contribution in [0.25, 0.3) is 0 Å². The van der Waals surface area contributed by atoms with Gasteiger partial charge in [-0.15, -0.1) is 0 Å². The van der Waals surface area contributed by atoms with E-state index in [0.717, 1.165) is 4.90 Å². The van der Waals surface area contributed by atoms with Crippen LogP contribution >= 0.6 is 0 Å². The first-order valence-corrected chi connectivity index (χ1v) is 10.7. The molecule has 0 aliphatic heterocycles. The number of esters is 3. The lowest BCUT2D eigenvalue weighted by Crippen LogP contribution is -2.54. The fourth-order valence-corrected chi connectivity index (χ4v) is 3.00. The van der Waals surface area contributed by atoms with Gasteiger partial charge in [0.25, 0.3) is 0 Å². The maximum atomic E-state index is 13.7. The van der Waals surface area contributed by atoms with Gasteiger partial charge >= 0.3 is 17.9 Å². The van der Waals surface area contributed by atoms with Crippen LogP contribution in [-0.2, 0) is 38.2 Å². The van der Waals surface area contributed by atoms with E-state index in [-0.39, 0.29) is 44.1 Å². The third-order valence-corrected chi connectivity index (χ3v) is 4.52. The van der Waals surface area contributed by atoms with Crippen molar-refractivity contribution in [3.05, 3.63) is 24.3 Å². The first-order valence-electron chi connectivity index (χ1n) is 10.7. The quantitative estimate of drug-likeness (QED) is 0.244. The standard InChI is InChI=1S/C23H31NO9/c1-6-31-21(27)18(14-9-15(4)25)20(26)24(16-10-12-17(30-5)13-11-16)19(22(28)32-7-2)23(29)33-8-3/h10-13,18-19H,6-9,14H2,1-5H3. The van der Waals surface area contributed by atoms with Crippen molar-refractivity contribution in [1.29, 1.82) is 0 Å². The number of nitrogens with zero attached hydrogens (tertiary/aromatic N) is 1. The molecular formula is C23H31NO9. The van der Waals surface area contributed by atoms with Crippen molar-refractivity contribution in [2.75, 3.05) is 31.8 Å². The second kappa shape index (κ2) is 13.9. The van der Waals surface area contributed by atoms with E-state index < -0.39 is 35.8 Å². The van der Waals surface area contributed by atoms with Gasteiger partial charge in [-0.1, -0.05) is 0 Å². The van der Waals surface area contributed by atoms with E-state index in [9.17, 15) is 24.0 Å². The summed E-state index contributed by atoms with van der Waals surface area (Å²) in [6.45, 7) is 5.90. The van der Waals surface area contributed by atoms with Crippen molar-refractivity contribution in [1.82, 2.24) is 0 Å². The van der Waals surface area contributed by atoms with E-state index in [0.29, 0.717) is 5.75 Å². The van der Waals surface area contributed by atoms with Crippen LogP contribution in [0.4, 0.5) is 5.69 Å². The Hall–Kier alpha value is -3.43. The van der Waals surface area contributed by atoms with Gasteiger partial charge in [-0.3, -0.25) is 14.5 Å². The highest BCUT2D eigenvalue weighted by Gasteiger charge is 2.44. The molecule has 1 amide bonds. The molecular weight excluding hydrogens is 434 g/mol. The highest BCUT2D eigenvalue weighted by molar-refractivity contribution is 6.15. The SMILES string of the molecule is CCOC(=O)C(CCC(C)=O)C(=O)N(c1ccc(OC)cc1)C(C(=O)OCC)C(=O)OCC. The van der Waals surface area contributed by atoms with Crippen LogP contribution < -0.4 is 9.64 Å². The minimum absolute atomic E-state index is 0.00437. The van der Waals surface area contributed by atoms with E-state index in [1.807, 2.05) is 0 Å². The van der Waals surface area contributed by atoms with Crippen LogP contribution in [-0.4, -0.2) is 62.6 Å². The third kappa shape index (κ3) is 7.89. The summed E-state index contributed by atoms with van der Waals surface area (Å²) in [6.07, 6.45) is -0.229. The van der Waals surface area contributed by atoms with E-state index in [2.05, 4.69) is 0 Å². The van der Waals surface area contributed by atoms with Crippen LogP contribution in [0.2, 0.25) is 0 Å². The highest BCUT2D eigenvalue weighted by atomic mass is 16.6. The minimum atomic E-state index is -1.81. The number of ketones is 1. The largest absolute Gasteiger partial charge is 0.497 e. The molecule has 0 radical (unpaired) electrons. The summed E-state index contributed by atoms with van der Waals surface area (Å²) >= 11 is 0. The molecule has 0 aliphatic carbocycles. The number of ether oxygens (including phenoxy) is 4. The first kappa shape index (κ1) is 27.6. The first-order chi connectivity index (χ1) is 15.7. The predicted molar refractivity (Wildman–Crippen MR) is 118 cm³/mol. The number of carbonyl (C=O) groups excluding carboxylic acids is 5. The van der Waals surface area contributed by atoms with Crippen molar-refractivity contribution in [2.45, 2.75) is 46.6 Å². The highest BCUT2D eigenvalue weighted by Crippen LogP contribution is 2.26. The molecule has 0 bridgehead atoms. The second-order valence-corrected chi connectivity index (χ2v) is 6.86. The molecule has 0 aliphatic rings. The number of anilines is 1. The van der Waals surface area contributed by atoms with Gasteiger partial charge in [0.05, 0.1) is 26.9 Å². The topological polar surface area (TPSA) is 126 Å². The van der Waals surface area contributed by atoms with Gasteiger partial charge < -0.3 is 23.7 Å². The lowest BCUT2D eigenvalue weighted by Gasteiger charge is -2.31. The summed E-state index contributed by atoms with van der Waals surface area (Å²) in [6, 6.07) is 4.15. The normalized spacial score (nSPS) is 11.3. The fourth-order valence-electron chi connectivity index (χ4n) is 3.00. The van der Waals surface area contributed by atoms with Gasteiger partial charge in [-0.05, 0) is 58.4 Å². The number of rotatable bonds is 13. The van der Waals surface area contributed by atoms with Crippen molar-refractivity contribution >= 4 is 35.3 Å².